The number of benzene rings is 2. The Morgan fingerprint density at radius 2 is 1.96 bits per heavy atom. The van der Waals surface area contributed by atoms with Gasteiger partial charge in [0.05, 0.1) is 17.8 Å². The first-order valence-corrected chi connectivity index (χ1v) is 7.23. The summed E-state index contributed by atoms with van der Waals surface area (Å²) in [5, 5.41) is 21.3. The van der Waals surface area contributed by atoms with Crippen LogP contribution in [0.2, 0.25) is 0 Å². The van der Waals surface area contributed by atoms with Crippen LogP contribution in [0.15, 0.2) is 42.5 Å². The third-order valence-electron chi connectivity index (χ3n) is 3.84. The summed E-state index contributed by atoms with van der Waals surface area (Å²) in [5.74, 6) is -1.58. The van der Waals surface area contributed by atoms with Crippen molar-refractivity contribution in [3.8, 4) is 5.75 Å². The molecule has 0 fully saturated rings. The zero-order valence-electron chi connectivity index (χ0n) is 12.3. The van der Waals surface area contributed by atoms with E-state index in [0.29, 0.717) is 0 Å². The fourth-order valence-electron chi connectivity index (χ4n) is 2.70. The first kappa shape index (κ1) is 14.9. The summed E-state index contributed by atoms with van der Waals surface area (Å²) in [4.78, 5) is 25.1. The number of aromatic carboxylic acids is 1. The SMILES string of the molecule is O=C(CN1CCc2ccccc21)Nc1cc(C(=O)O)ccc1O. The quantitative estimate of drug-likeness (QED) is 0.752. The molecule has 0 atom stereocenters. The Morgan fingerprint density at radius 3 is 2.74 bits per heavy atom. The molecule has 0 radical (unpaired) electrons. The van der Waals surface area contributed by atoms with Crippen LogP contribution < -0.4 is 10.2 Å². The highest BCUT2D eigenvalue weighted by molar-refractivity contribution is 5.97. The zero-order valence-corrected chi connectivity index (χ0v) is 12.3. The Morgan fingerprint density at radius 1 is 1.17 bits per heavy atom. The average molecular weight is 312 g/mol. The van der Waals surface area contributed by atoms with Gasteiger partial charge in [-0.1, -0.05) is 18.2 Å². The van der Waals surface area contributed by atoms with Gasteiger partial charge in [0.2, 0.25) is 5.91 Å². The van der Waals surface area contributed by atoms with Crippen molar-refractivity contribution in [1.29, 1.82) is 0 Å². The van der Waals surface area contributed by atoms with Crippen LogP contribution in [-0.2, 0) is 11.2 Å². The standard InChI is InChI=1S/C17H16N2O4/c20-15-6-5-12(17(22)23)9-13(15)18-16(21)10-19-8-7-11-3-1-2-4-14(11)19/h1-6,9,20H,7-8,10H2,(H,18,21)(H,22,23). The van der Waals surface area contributed by atoms with E-state index < -0.39 is 5.97 Å². The van der Waals surface area contributed by atoms with E-state index in [-0.39, 0.29) is 29.5 Å². The van der Waals surface area contributed by atoms with E-state index in [9.17, 15) is 14.7 Å². The highest BCUT2D eigenvalue weighted by atomic mass is 16.4. The number of rotatable bonds is 4. The van der Waals surface area contributed by atoms with Crippen LogP contribution in [0.4, 0.5) is 11.4 Å². The molecule has 23 heavy (non-hydrogen) atoms. The lowest BCUT2D eigenvalue weighted by Crippen LogP contribution is -2.31. The molecule has 2 aromatic carbocycles. The number of para-hydroxylation sites is 1. The van der Waals surface area contributed by atoms with Gasteiger partial charge >= 0.3 is 5.97 Å². The van der Waals surface area contributed by atoms with Crippen LogP contribution in [-0.4, -0.2) is 35.2 Å². The number of carbonyl (C=O) groups is 2. The molecular formula is C17H16N2O4. The van der Waals surface area contributed by atoms with Crippen molar-refractivity contribution in [3.63, 3.8) is 0 Å². The predicted molar refractivity (Wildman–Crippen MR) is 86.1 cm³/mol. The summed E-state index contributed by atoms with van der Waals surface area (Å²) in [6, 6.07) is 11.7. The molecule has 3 N–H and O–H groups in total. The van der Waals surface area contributed by atoms with E-state index in [1.807, 2.05) is 29.2 Å². The summed E-state index contributed by atoms with van der Waals surface area (Å²) in [6.45, 7) is 0.904. The molecule has 2 aromatic rings. The summed E-state index contributed by atoms with van der Waals surface area (Å²) in [7, 11) is 0. The number of amides is 1. The molecule has 0 saturated heterocycles. The van der Waals surface area contributed by atoms with Crippen molar-refractivity contribution in [2.75, 3.05) is 23.3 Å². The Balaban J connectivity index is 1.71. The number of nitrogens with zero attached hydrogens (tertiary/aromatic N) is 1. The summed E-state index contributed by atoms with van der Waals surface area (Å²) >= 11 is 0. The van der Waals surface area contributed by atoms with Crippen molar-refractivity contribution in [1.82, 2.24) is 0 Å². The minimum absolute atomic E-state index is 0.00428. The molecule has 1 amide bonds. The monoisotopic (exact) mass is 312 g/mol. The lowest BCUT2D eigenvalue weighted by atomic mass is 10.2. The number of carbonyl (C=O) groups excluding carboxylic acids is 1. The van der Waals surface area contributed by atoms with Gasteiger partial charge in [-0.3, -0.25) is 4.79 Å². The lowest BCUT2D eigenvalue weighted by Gasteiger charge is -2.19. The average Bonchev–Trinajstić information content (AvgIpc) is 2.92. The first-order valence-electron chi connectivity index (χ1n) is 7.23. The van der Waals surface area contributed by atoms with Crippen molar-refractivity contribution >= 4 is 23.3 Å². The van der Waals surface area contributed by atoms with Gasteiger partial charge in [0.15, 0.2) is 0 Å². The van der Waals surface area contributed by atoms with E-state index in [2.05, 4.69) is 5.32 Å². The van der Waals surface area contributed by atoms with Gasteiger partial charge in [0.25, 0.3) is 0 Å². The van der Waals surface area contributed by atoms with Gasteiger partial charge in [-0.05, 0) is 36.2 Å². The maximum Gasteiger partial charge on any atom is 0.335 e. The van der Waals surface area contributed by atoms with Crippen molar-refractivity contribution in [3.05, 3.63) is 53.6 Å². The maximum absolute atomic E-state index is 12.2. The molecule has 6 heteroatoms. The van der Waals surface area contributed by atoms with Gasteiger partial charge in [-0.2, -0.15) is 0 Å². The second-order valence-corrected chi connectivity index (χ2v) is 5.39. The number of aromatic hydroxyl groups is 1. The van der Waals surface area contributed by atoms with Gasteiger partial charge in [0.1, 0.15) is 5.75 Å². The topological polar surface area (TPSA) is 89.9 Å². The van der Waals surface area contributed by atoms with Crippen LogP contribution in [0.25, 0.3) is 0 Å². The normalized spacial score (nSPS) is 12.8. The number of phenols is 1. The van der Waals surface area contributed by atoms with E-state index in [1.54, 1.807) is 0 Å². The largest absolute Gasteiger partial charge is 0.506 e. The van der Waals surface area contributed by atoms with Gasteiger partial charge in [-0.15, -0.1) is 0 Å². The molecule has 3 rings (SSSR count). The number of carboxylic acids is 1. The van der Waals surface area contributed by atoms with Crippen LogP contribution in [0.5, 0.6) is 5.75 Å². The molecule has 0 spiro atoms. The molecule has 0 aromatic heterocycles. The number of nitrogens with one attached hydrogen (secondary N) is 1. The molecule has 0 bridgehead atoms. The second-order valence-electron chi connectivity index (χ2n) is 5.39. The van der Waals surface area contributed by atoms with Crippen molar-refractivity contribution in [2.24, 2.45) is 0 Å². The third kappa shape index (κ3) is 3.11. The summed E-state index contributed by atoms with van der Waals surface area (Å²) in [5.41, 5.74) is 2.34. The second kappa shape index (κ2) is 6.00. The number of carboxylic acid groups (broad SMARTS) is 1. The van der Waals surface area contributed by atoms with Crippen molar-refractivity contribution < 1.29 is 19.8 Å². The van der Waals surface area contributed by atoms with Crippen LogP contribution >= 0.6 is 0 Å². The number of hydrogen-bond donors (Lipinski definition) is 3. The number of phenolic OH excluding ortho intramolecular Hbond substituents is 1. The minimum atomic E-state index is -1.12. The predicted octanol–water partition coefficient (Wildman–Crippen LogP) is 2.09. The van der Waals surface area contributed by atoms with Crippen LogP contribution in [0, 0.1) is 0 Å². The number of fused-ring (bicyclic) bond motifs is 1. The van der Waals surface area contributed by atoms with Gasteiger partial charge < -0.3 is 20.4 Å². The Labute approximate surface area is 133 Å². The van der Waals surface area contributed by atoms with Crippen LogP contribution in [0.3, 0.4) is 0 Å². The van der Waals surface area contributed by atoms with E-state index >= 15 is 0 Å². The highest BCUT2D eigenvalue weighted by Gasteiger charge is 2.21. The van der Waals surface area contributed by atoms with Gasteiger partial charge in [0, 0.05) is 12.2 Å². The summed E-state index contributed by atoms with van der Waals surface area (Å²) in [6.07, 6.45) is 0.892. The Hall–Kier alpha value is -3.02. The molecule has 1 aliphatic heterocycles. The van der Waals surface area contributed by atoms with E-state index in [1.165, 1.54) is 23.8 Å². The maximum atomic E-state index is 12.2. The minimum Gasteiger partial charge on any atom is -0.506 e. The van der Waals surface area contributed by atoms with Crippen molar-refractivity contribution in [2.45, 2.75) is 6.42 Å². The Kier molecular flexibility index (Phi) is 3.89. The fraction of sp³-hybridized carbons (Fsp3) is 0.176. The lowest BCUT2D eigenvalue weighted by molar-refractivity contribution is -0.115. The summed E-state index contributed by atoms with van der Waals surface area (Å²) < 4.78 is 0. The molecule has 0 aliphatic carbocycles. The first-order chi connectivity index (χ1) is 11.0. The molecule has 0 unspecified atom stereocenters. The van der Waals surface area contributed by atoms with Gasteiger partial charge in [-0.25, -0.2) is 4.79 Å². The zero-order chi connectivity index (χ0) is 16.4. The smallest absolute Gasteiger partial charge is 0.335 e. The molecule has 1 heterocycles. The molecule has 1 aliphatic rings. The Bertz CT molecular complexity index is 773. The molecule has 0 saturated carbocycles. The fourth-order valence-corrected chi connectivity index (χ4v) is 2.70. The third-order valence-corrected chi connectivity index (χ3v) is 3.84. The number of hydrogen-bond acceptors (Lipinski definition) is 4. The molecular weight excluding hydrogens is 296 g/mol. The highest BCUT2D eigenvalue weighted by Crippen LogP contribution is 2.28. The molecule has 118 valence electrons. The molecule has 6 nitrogen and oxygen atoms in total. The van der Waals surface area contributed by atoms with E-state index in [0.717, 1.165) is 18.7 Å². The van der Waals surface area contributed by atoms with Crippen LogP contribution in [0.1, 0.15) is 15.9 Å². The van der Waals surface area contributed by atoms with E-state index in [4.69, 9.17) is 5.11 Å². The number of anilines is 2.